The highest BCUT2D eigenvalue weighted by molar-refractivity contribution is 5.83. The number of nitrogen functional groups attached to an aromatic ring is 1. The second kappa shape index (κ2) is 13.6. The van der Waals surface area contributed by atoms with Crippen molar-refractivity contribution in [1.29, 1.82) is 0 Å². The normalized spacial score (nSPS) is 21.9. The molecule has 2 aromatic heterocycles. The van der Waals surface area contributed by atoms with Crippen LogP contribution >= 0.6 is 0 Å². The highest BCUT2D eigenvalue weighted by atomic mass is 16.6. The van der Waals surface area contributed by atoms with Gasteiger partial charge in [0.25, 0.3) is 0 Å². The molecule has 3 heterocycles. The highest BCUT2D eigenvalue weighted by Crippen LogP contribution is 2.34. The molecule has 41 heavy (non-hydrogen) atoms. The van der Waals surface area contributed by atoms with E-state index in [9.17, 15) is 24.9 Å². The molecule has 0 radical (unpaired) electrons. The van der Waals surface area contributed by atoms with Gasteiger partial charge in [0.05, 0.1) is 6.33 Å². The number of nitrogens with zero attached hydrogens (tertiary/aromatic N) is 5. The van der Waals surface area contributed by atoms with Crippen LogP contribution in [-0.2, 0) is 20.7 Å². The van der Waals surface area contributed by atoms with Gasteiger partial charge in [-0.15, -0.1) is 0 Å². The third-order valence-electron chi connectivity index (χ3n) is 6.98. The smallest absolute Gasteiger partial charge is 0.227 e. The Kier molecular flexibility index (Phi) is 10.0. The van der Waals surface area contributed by atoms with Crippen LogP contribution in [0.25, 0.3) is 11.2 Å². The number of anilines is 2. The molecule has 0 saturated carbocycles. The Morgan fingerprint density at radius 3 is 2.68 bits per heavy atom. The lowest BCUT2D eigenvalue weighted by molar-refractivity contribution is -0.152. The van der Waals surface area contributed by atoms with E-state index in [4.69, 9.17) is 16.2 Å². The second-order valence-electron chi connectivity index (χ2n) is 9.79. The summed E-state index contributed by atoms with van der Waals surface area (Å²) >= 11 is 0. The molecule has 0 bridgehead atoms. The summed E-state index contributed by atoms with van der Waals surface area (Å²) in [5, 5.41) is 38.0. The first-order valence-corrected chi connectivity index (χ1v) is 13.4. The van der Waals surface area contributed by atoms with Gasteiger partial charge in [0.15, 0.2) is 23.9 Å². The molecule has 0 aliphatic carbocycles. The molecule has 222 valence electrons. The average Bonchev–Trinajstić information content (AvgIpc) is 3.52. The minimum Gasteiger partial charge on any atom is -0.387 e. The van der Waals surface area contributed by atoms with Crippen molar-refractivity contribution >= 4 is 35.2 Å². The number of nitrogens with two attached hydrogens (primary N) is 2. The van der Waals surface area contributed by atoms with E-state index in [0.29, 0.717) is 32.3 Å². The number of nitrogens with one attached hydrogen (secondary N) is 2. The van der Waals surface area contributed by atoms with Crippen LogP contribution in [0.4, 0.5) is 11.8 Å². The second-order valence-corrected chi connectivity index (χ2v) is 9.79. The van der Waals surface area contributed by atoms with Gasteiger partial charge in [-0.3, -0.25) is 14.2 Å². The standard InChI is InChI=1S/C26H37N9O6/c1-2-34(14-36)24(40)21-19(38)20(39)25(41-21)35-13-30-18-22(28)32-26(33-23(18)35)31-16(8-9-17(37)29-11-10-27)12-15-6-4-3-5-7-15/h3-7,13-14,16,19-21,24-25,38-40H,2,8-12,27H2,1H3,(H,29,37)(H3,28,31,32,33)/t16?,19-,20+,21-,24?,25+/m0/s1. The van der Waals surface area contributed by atoms with E-state index in [0.717, 1.165) is 10.5 Å². The molecule has 4 rings (SSSR count). The van der Waals surface area contributed by atoms with Crippen molar-refractivity contribution in [1.82, 2.24) is 29.7 Å². The average molecular weight is 572 g/mol. The van der Waals surface area contributed by atoms with Gasteiger partial charge < -0.3 is 47.1 Å². The molecule has 1 fully saturated rings. The summed E-state index contributed by atoms with van der Waals surface area (Å²) < 4.78 is 7.21. The van der Waals surface area contributed by atoms with Gasteiger partial charge in [0.2, 0.25) is 18.3 Å². The first-order valence-electron chi connectivity index (χ1n) is 13.4. The number of aliphatic hydroxyl groups is 3. The summed E-state index contributed by atoms with van der Waals surface area (Å²) in [6.07, 6.45) is -3.86. The Labute approximate surface area is 236 Å². The van der Waals surface area contributed by atoms with Gasteiger partial charge in [0, 0.05) is 32.1 Å². The van der Waals surface area contributed by atoms with Crippen molar-refractivity contribution in [2.75, 3.05) is 30.7 Å². The fourth-order valence-corrected chi connectivity index (χ4v) is 4.78. The van der Waals surface area contributed by atoms with Crippen molar-refractivity contribution in [3.8, 4) is 0 Å². The molecule has 15 heteroatoms. The maximum atomic E-state index is 12.3. The van der Waals surface area contributed by atoms with Gasteiger partial charge in [-0.05, 0) is 25.3 Å². The molecule has 3 aromatic rings. The van der Waals surface area contributed by atoms with Crippen molar-refractivity contribution in [2.45, 2.75) is 63.0 Å². The highest BCUT2D eigenvalue weighted by Gasteiger charge is 2.48. The number of hydrogen-bond donors (Lipinski definition) is 7. The monoisotopic (exact) mass is 571 g/mol. The van der Waals surface area contributed by atoms with E-state index in [1.165, 1.54) is 10.9 Å². The number of ether oxygens (including phenoxy) is 1. The zero-order valence-electron chi connectivity index (χ0n) is 22.7. The molecule has 6 atom stereocenters. The zero-order valence-corrected chi connectivity index (χ0v) is 22.7. The van der Waals surface area contributed by atoms with Gasteiger partial charge in [-0.1, -0.05) is 30.3 Å². The van der Waals surface area contributed by atoms with Gasteiger partial charge in [-0.2, -0.15) is 9.97 Å². The fourth-order valence-electron chi connectivity index (χ4n) is 4.78. The van der Waals surface area contributed by atoms with Crippen LogP contribution in [0.15, 0.2) is 36.7 Å². The number of carbonyl (C=O) groups excluding carboxylic acids is 2. The number of rotatable bonds is 14. The van der Waals surface area contributed by atoms with Crippen LogP contribution < -0.4 is 22.1 Å². The van der Waals surface area contributed by atoms with Crippen LogP contribution in [0.3, 0.4) is 0 Å². The van der Waals surface area contributed by atoms with Gasteiger partial charge in [0.1, 0.15) is 23.8 Å². The lowest BCUT2D eigenvalue weighted by Gasteiger charge is -2.28. The molecular weight excluding hydrogens is 534 g/mol. The van der Waals surface area contributed by atoms with E-state index >= 15 is 0 Å². The molecule has 1 aliphatic rings. The molecular formula is C26H37N9O6. The maximum Gasteiger partial charge on any atom is 0.227 e. The summed E-state index contributed by atoms with van der Waals surface area (Å²) in [6, 6.07) is 9.50. The number of likely N-dealkylation sites (N-methyl/N-ethyl adjacent to an activating group) is 1. The Morgan fingerprint density at radius 2 is 2.00 bits per heavy atom. The molecule has 1 saturated heterocycles. The zero-order chi connectivity index (χ0) is 29.5. The number of hydrogen-bond acceptors (Lipinski definition) is 12. The van der Waals surface area contributed by atoms with Crippen LogP contribution in [-0.4, -0.2) is 102 Å². The molecule has 1 aliphatic heterocycles. The Balaban J connectivity index is 1.59. The van der Waals surface area contributed by atoms with E-state index in [1.807, 2.05) is 30.3 Å². The van der Waals surface area contributed by atoms with Crippen molar-refractivity contribution in [3.05, 3.63) is 42.2 Å². The van der Waals surface area contributed by atoms with Crippen molar-refractivity contribution in [2.24, 2.45) is 5.73 Å². The molecule has 15 nitrogen and oxygen atoms in total. The molecule has 0 spiro atoms. The predicted molar refractivity (Wildman–Crippen MR) is 149 cm³/mol. The number of benzene rings is 1. The van der Waals surface area contributed by atoms with Gasteiger partial charge in [-0.25, -0.2) is 4.98 Å². The summed E-state index contributed by atoms with van der Waals surface area (Å²) in [4.78, 5) is 37.8. The molecule has 2 unspecified atom stereocenters. The molecule has 2 amide bonds. The summed E-state index contributed by atoms with van der Waals surface area (Å²) in [6.45, 7) is 2.57. The Hall–Kier alpha value is -3.89. The van der Waals surface area contributed by atoms with Crippen molar-refractivity contribution in [3.63, 3.8) is 0 Å². The van der Waals surface area contributed by atoms with Gasteiger partial charge >= 0.3 is 0 Å². The first kappa shape index (κ1) is 30.1. The minimum atomic E-state index is -1.50. The third kappa shape index (κ3) is 6.89. The number of aromatic nitrogens is 4. The SMILES string of the molecule is CCN(C=O)C(O)[C@H]1O[C@@H](n2cnc3c(N)nc(NC(CCC(=O)NCCN)Cc4ccccc4)nc32)[C@H](O)[C@@H]1O. The maximum absolute atomic E-state index is 12.3. The fraction of sp³-hybridized carbons (Fsp3) is 0.500. The summed E-state index contributed by atoms with van der Waals surface area (Å²) in [7, 11) is 0. The van der Waals surface area contributed by atoms with E-state index < -0.39 is 30.8 Å². The Morgan fingerprint density at radius 1 is 1.24 bits per heavy atom. The number of amides is 2. The number of fused-ring (bicyclic) bond motifs is 1. The van der Waals surface area contributed by atoms with Crippen molar-refractivity contribution < 1.29 is 29.6 Å². The van der Waals surface area contributed by atoms with E-state index in [2.05, 4.69) is 25.6 Å². The third-order valence-corrected chi connectivity index (χ3v) is 6.98. The van der Waals surface area contributed by atoms with E-state index in [-0.39, 0.29) is 47.8 Å². The largest absolute Gasteiger partial charge is 0.387 e. The first-order chi connectivity index (χ1) is 19.8. The summed E-state index contributed by atoms with van der Waals surface area (Å²) in [5.41, 5.74) is 13.2. The minimum absolute atomic E-state index is 0.0677. The lowest BCUT2D eigenvalue weighted by Crippen LogP contribution is -2.48. The topological polar surface area (TPSA) is 227 Å². The van der Waals surface area contributed by atoms with Crippen LogP contribution in [0.2, 0.25) is 0 Å². The molecule has 9 N–H and O–H groups in total. The number of carbonyl (C=O) groups is 2. The number of aliphatic hydroxyl groups excluding tert-OH is 3. The summed E-state index contributed by atoms with van der Waals surface area (Å²) in [5.74, 6) is 0.115. The quantitative estimate of drug-likeness (QED) is 0.0885. The van der Waals surface area contributed by atoms with E-state index in [1.54, 1.807) is 6.92 Å². The van der Waals surface area contributed by atoms with Crippen LogP contribution in [0.5, 0.6) is 0 Å². The predicted octanol–water partition coefficient (Wildman–Crippen LogP) is -1.30. The van der Waals surface area contributed by atoms with Crippen LogP contribution in [0.1, 0.15) is 31.6 Å². The lowest BCUT2D eigenvalue weighted by atomic mass is 10.0. The molecule has 1 aromatic carbocycles. The number of imidazole rings is 1. The van der Waals surface area contributed by atoms with Crippen LogP contribution in [0, 0.1) is 0 Å². The Bertz CT molecular complexity index is 1310.